The number of carbonyl (C=O) groups is 1. The maximum Gasteiger partial charge on any atom is 0.332 e. The fraction of sp³-hybridized carbons (Fsp3) is 0.533. The van der Waals surface area contributed by atoms with Gasteiger partial charge in [-0.2, -0.15) is 0 Å². The molecule has 0 atom stereocenters. The van der Waals surface area contributed by atoms with E-state index in [1.165, 1.54) is 25.3 Å². The summed E-state index contributed by atoms with van der Waals surface area (Å²) in [6, 6.07) is 1.07. The molecule has 1 fully saturated rings. The van der Waals surface area contributed by atoms with E-state index in [0.717, 1.165) is 17.1 Å². The molecule has 0 aliphatic heterocycles. The van der Waals surface area contributed by atoms with Crippen molar-refractivity contribution in [1.29, 1.82) is 0 Å². The Morgan fingerprint density at radius 1 is 1.41 bits per heavy atom. The van der Waals surface area contributed by atoms with E-state index in [2.05, 4.69) is 18.1 Å². The van der Waals surface area contributed by atoms with Crippen molar-refractivity contribution in [2.45, 2.75) is 39.0 Å². The second-order valence-electron chi connectivity index (χ2n) is 5.67. The number of nitrogens with zero attached hydrogens (tertiary/aromatic N) is 1. The molecule has 1 aliphatic rings. The van der Waals surface area contributed by atoms with Gasteiger partial charge in [-0.15, -0.1) is 0 Å². The van der Waals surface area contributed by atoms with Crippen LogP contribution in [0, 0.1) is 12.8 Å². The Hall–Kier alpha value is -0.780. The zero-order valence-electron chi connectivity index (χ0n) is 12.4. The molecule has 1 aliphatic carbocycles. The molecule has 7 heteroatoms. The number of thiol groups is 1. The number of rotatable bonds is 3. The molecule has 0 saturated heterocycles. The van der Waals surface area contributed by atoms with Crippen LogP contribution in [0.2, 0.25) is 10.0 Å². The van der Waals surface area contributed by atoms with Gasteiger partial charge in [-0.25, -0.2) is 9.10 Å². The van der Waals surface area contributed by atoms with Crippen LogP contribution in [0.3, 0.4) is 0 Å². The first-order chi connectivity index (χ1) is 10.4. The SMILES string of the molecule is Cc1c(Cl)cc(N(S)C(=O)NCC2CCCCC2)c(O)c1Cl. The van der Waals surface area contributed by atoms with Crippen LogP contribution in [0.4, 0.5) is 10.5 Å². The Kier molecular flexibility index (Phi) is 6.12. The van der Waals surface area contributed by atoms with Crippen molar-refractivity contribution < 1.29 is 9.90 Å². The number of hydrogen-bond donors (Lipinski definition) is 3. The number of benzene rings is 1. The van der Waals surface area contributed by atoms with Crippen LogP contribution < -0.4 is 9.62 Å². The first-order valence-electron chi connectivity index (χ1n) is 7.36. The highest BCUT2D eigenvalue weighted by Gasteiger charge is 2.21. The molecule has 0 heterocycles. The average molecular weight is 363 g/mol. The molecule has 0 unspecified atom stereocenters. The summed E-state index contributed by atoms with van der Waals surface area (Å²) in [5.74, 6) is 0.310. The molecule has 1 aromatic carbocycles. The van der Waals surface area contributed by atoms with Crippen LogP contribution in [-0.2, 0) is 0 Å². The predicted octanol–water partition coefficient (Wildman–Crippen LogP) is 4.95. The average Bonchev–Trinajstić information content (AvgIpc) is 2.54. The van der Waals surface area contributed by atoms with E-state index in [4.69, 9.17) is 23.2 Å². The monoisotopic (exact) mass is 362 g/mol. The van der Waals surface area contributed by atoms with Crippen LogP contribution >= 0.6 is 36.0 Å². The largest absolute Gasteiger partial charge is 0.504 e. The van der Waals surface area contributed by atoms with E-state index in [9.17, 15) is 9.90 Å². The highest BCUT2D eigenvalue weighted by molar-refractivity contribution is 7.82. The molecule has 0 bridgehead atoms. The van der Waals surface area contributed by atoms with Gasteiger partial charge in [0, 0.05) is 11.6 Å². The zero-order chi connectivity index (χ0) is 16.3. The van der Waals surface area contributed by atoms with Gasteiger partial charge in [0.05, 0.1) is 5.02 Å². The maximum atomic E-state index is 12.2. The molecule has 4 nitrogen and oxygen atoms in total. The number of anilines is 1. The fourth-order valence-corrected chi connectivity index (χ4v) is 3.33. The molecule has 22 heavy (non-hydrogen) atoms. The molecule has 1 saturated carbocycles. The van der Waals surface area contributed by atoms with Gasteiger partial charge in [0.25, 0.3) is 0 Å². The molecule has 122 valence electrons. The van der Waals surface area contributed by atoms with E-state index in [1.807, 2.05) is 0 Å². The second kappa shape index (κ2) is 7.66. The van der Waals surface area contributed by atoms with Gasteiger partial charge in [-0.1, -0.05) is 55.3 Å². The number of nitrogens with one attached hydrogen (secondary N) is 1. The molecular formula is C15H20Cl2N2O2S. The maximum absolute atomic E-state index is 12.2. The predicted molar refractivity (Wildman–Crippen MR) is 94.3 cm³/mol. The number of amides is 2. The molecule has 2 N–H and O–H groups in total. The normalized spacial score (nSPS) is 15.6. The van der Waals surface area contributed by atoms with Crippen molar-refractivity contribution in [3.05, 3.63) is 21.7 Å². The van der Waals surface area contributed by atoms with E-state index < -0.39 is 6.03 Å². The zero-order valence-corrected chi connectivity index (χ0v) is 14.8. The summed E-state index contributed by atoms with van der Waals surface area (Å²) >= 11 is 16.2. The quantitative estimate of drug-likeness (QED) is 0.666. The van der Waals surface area contributed by atoms with Crippen molar-refractivity contribution in [1.82, 2.24) is 5.32 Å². The molecule has 2 rings (SSSR count). The summed E-state index contributed by atoms with van der Waals surface area (Å²) in [7, 11) is 0. The lowest BCUT2D eigenvalue weighted by atomic mass is 9.89. The third-order valence-electron chi connectivity index (χ3n) is 4.09. The number of hydrogen-bond acceptors (Lipinski definition) is 3. The number of aromatic hydroxyl groups is 1. The molecule has 0 spiro atoms. The third kappa shape index (κ3) is 3.94. The minimum absolute atomic E-state index is 0.127. The van der Waals surface area contributed by atoms with Crippen LogP contribution in [0.5, 0.6) is 5.75 Å². The van der Waals surface area contributed by atoms with E-state index in [1.54, 1.807) is 6.92 Å². The summed E-state index contributed by atoms with van der Waals surface area (Å²) in [6.45, 7) is 2.31. The van der Waals surface area contributed by atoms with Gasteiger partial charge in [-0.05, 0) is 37.3 Å². The van der Waals surface area contributed by atoms with Crippen LogP contribution in [0.1, 0.15) is 37.7 Å². The Morgan fingerprint density at radius 3 is 2.68 bits per heavy atom. The fourth-order valence-electron chi connectivity index (χ4n) is 2.66. The van der Waals surface area contributed by atoms with Gasteiger partial charge < -0.3 is 10.4 Å². The molecule has 0 radical (unpaired) electrons. The lowest BCUT2D eigenvalue weighted by Gasteiger charge is -2.24. The molecule has 0 aromatic heterocycles. The number of phenolic OH excluding ortho intramolecular Hbond substituents is 1. The molecule has 1 aromatic rings. The van der Waals surface area contributed by atoms with Gasteiger partial charge in [0.2, 0.25) is 0 Å². The first-order valence-corrected chi connectivity index (χ1v) is 8.51. The Balaban J connectivity index is 2.04. The summed E-state index contributed by atoms with van der Waals surface area (Å²) in [6.07, 6.45) is 5.99. The molecule has 2 amide bonds. The minimum atomic E-state index is -0.403. The summed E-state index contributed by atoms with van der Waals surface area (Å²) in [5.41, 5.74) is 0.735. The highest BCUT2D eigenvalue weighted by Crippen LogP contribution is 2.41. The standard InChI is InChI=1S/C15H20Cl2N2O2S/c1-9-11(16)7-12(14(20)13(9)17)19(22)15(21)18-8-10-5-3-2-4-6-10/h7,10,20,22H,2-6,8H2,1H3,(H,18,21). The number of phenols is 1. The summed E-state index contributed by atoms with van der Waals surface area (Å²) in [4.78, 5) is 12.2. The van der Waals surface area contributed by atoms with Gasteiger partial charge >= 0.3 is 6.03 Å². The second-order valence-corrected chi connectivity index (χ2v) is 6.85. The topological polar surface area (TPSA) is 52.6 Å². The number of urea groups is 1. The van der Waals surface area contributed by atoms with E-state index >= 15 is 0 Å². The van der Waals surface area contributed by atoms with Crippen molar-refractivity contribution >= 4 is 47.7 Å². The Morgan fingerprint density at radius 2 is 2.05 bits per heavy atom. The lowest BCUT2D eigenvalue weighted by Crippen LogP contribution is -2.37. The lowest BCUT2D eigenvalue weighted by molar-refractivity contribution is 0.245. The van der Waals surface area contributed by atoms with Crippen molar-refractivity contribution in [2.24, 2.45) is 5.92 Å². The Labute approximate surface area is 146 Å². The molecular weight excluding hydrogens is 343 g/mol. The van der Waals surface area contributed by atoms with Crippen molar-refractivity contribution in [3.63, 3.8) is 0 Å². The highest BCUT2D eigenvalue weighted by atomic mass is 35.5. The summed E-state index contributed by atoms with van der Waals surface area (Å²) < 4.78 is 1.04. The van der Waals surface area contributed by atoms with Gasteiger partial charge in [0.15, 0.2) is 5.75 Å². The van der Waals surface area contributed by atoms with Gasteiger partial charge in [0.1, 0.15) is 5.69 Å². The van der Waals surface area contributed by atoms with Gasteiger partial charge in [-0.3, -0.25) is 0 Å². The number of halogens is 2. The smallest absolute Gasteiger partial charge is 0.332 e. The minimum Gasteiger partial charge on any atom is -0.504 e. The first kappa shape index (κ1) is 17.6. The van der Waals surface area contributed by atoms with E-state index in [0.29, 0.717) is 23.0 Å². The van der Waals surface area contributed by atoms with Crippen molar-refractivity contribution in [3.8, 4) is 5.75 Å². The van der Waals surface area contributed by atoms with E-state index in [-0.39, 0.29) is 16.5 Å². The summed E-state index contributed by atoms with van der Waals surface area (Å²) in [5, 5.41) is 13.4. The third-order valence-corrected chi connectivity index (χ3v) is 5.34. The Bertz CT molecular complexity index is 563. The van der Waals surface area contributed by atoms with Crippen LogP contribution in [0.15, 0.2) is 6.07 Å². The van der Waals surface area contributed by atoms with Crippen molar-refractivity contribution in [2.75, 3.05) is 10.8 Å². The van der Waals surface area contributed by atoms with Crippen LogP contribution in [-0.4, -0.2) is 17.7 Å². The number of carbonyl (C=O) groups excluding carboxylic acids is 1. The van der Waals surface area contributed by atoms with Crippen LogP contribution in [0.25, 0.3) is 0 Å².